The Morgan fingerprint density at radius 1 is 0.680 bits per heavy atom. The van der Waals surface area contributed by atoms with Gasteiger partial charge >= 0.3 is 0 Å². The van der Waals surface area contributed by atoms with Crippen LogP contribution >= 0.6 is 0 Å². The Morgan fingerprint density at radius 3 is 1.40 bits per heavy atom. The van der Waals surface area contributed by atoms with E-state index in [-0.39, 0.29) is 11.1 Å². The first-order valence-corrected chi connectivity index (χ1v) is 8.28. The zero-order valence-electron chi connectivity index (χ0n) is 13.8. The van der Waals surface area contributed by atoms with Crippen LogP contribution in [0.25, 0.3) is 0 Å². The second-order valence-electron chi connectivity index (χ2n) is 6.14. The fourth-order valence-corrected chi connectivity index (χ4v) is 3.12. The summed E-state index contributed by atoms with van der Waals surface area (Å²) in [4.78, 5) is 3.36. The lowest BCUT2D eigenvalue weighted by Gasteiger charge is -2.34. The van der Waals surface area contributed by atoms with Crippen LogP contribution in [0, 0.1) is 0 Å². The van der Waals surface area contributed by atoms with E-state index in [0.29, 0.717) is 52.6 Å². The lowest BCUT2D eigenvalue weighted by Crippen LogP contribution is -2.40. The molecule has 0 amide bonds. The van der Waals surface area contributed by atoms with Crippen LogP contribution in [0.2, 0.25) is 0 Å². The van der Waals surface area contributed by atoms with Crippen molar-refractivity contribution >= 4 is 0 Å². The van der Waals surface area contributed by atoms with Crippen molar-refractivity contribution in [2.24, 2.45) is 0 Å². The van der Waals surface area contributed by atoms with Crippen molar-refractivity contribution in [3.05, 3.63) is 17.2 Å². The van der Waals surface area contributed by atoms with Crippen molar-refractivity contribution in [3.63, 3.8) is 0 Å². The molecule has 25 heavy (non-hydrogen) atoms. The van der Waals surface area contributed by atoms with E-state index in [9.17, 15) is 25.5 Å². The van der Waals surface area contributed by atoms with Crippen LogP contribution in [0.1, 0.15) is 23.6 Å². The molecule has 3 rings (SSSR count). The van der Waals surface area contributed by atoms with E-state index in [0.717, 1.165) is 0 Å². The minimum Gasteiger partial charge on any atom is -0.504 e. The molecule has 0 bridgehead atoms. The number of rotatable bonds is 4. The van der Waals surface area contributed by atoms with Gasteiger partial charge in [-0.15, -0.1) is 0 Å². The first-order chi connectivity index (χ1) is 12.0. The summed E-state index contributed by atoms with van der Waals surface area (Å²) in [5, 5.41) is 51.5. The van der Waals surface area contributed by atoms with Gasteiger partial charge < -0.3 is 35.0 Å². The molecule has 2 fully saturated rings. The summed E-state index contributed by atoms with van der Waals surface area (Å²) in [6.07, 6.45) is -2.38. The highest BCUT2D eigenvalue weighted by Gasteiger charge is 2.30. The predicted octanol–water partition coefficient (Wildman–Crippen LogP) is -0.550. The summed E-state index contributed by atoms with van der Waals surface area (Å²) in [6, 6.07) is 1.32. The minimum absolute atomic E-state index is 0.0273. The molecule has 2 unspecified atom stereocenters. The zero-order valence-corrected chi connectivity index (χ0v) is 13.8. The number of phenolic OH excluding ortho intramolecular Hbond substituents is 3. The molecule has 0 spiro atoms. The predicted molar refractivity (Wildman–Crippen MR) is 86.1 cm³/mol. The summed E-state index contributed by atoms with van der Waals surface area (Å²) in [7, 11) is 0. The van der Waals surface area contributed by atoms with Gasteiger partial charge in [0.2, 0.25) is 5.75 Å². The second-order valence-corrected chi connectivity index (χ2v) is 6.14. The number of benzene rings is 1. The van der Waals surface area contributed by atoms with E-state index in [4.69, 9.17) is 9.47 Å². The molecule has 2 heterocycles. The van der Waals surface area contributed by atoms with Crippen LogP contribution in [0.3, 0.4) is 0 Å². The second kappa shape index (κ2) is 7.73. The topological polar surface area (TPSA) is 126 Å². The van der Waals surface area contributed by atoms with Crippen LogP contribution in [-0.4, -0.2) is 87.9 Å². The van der Waals surface area contributed by atoms with E-state index in [1.807, 2.05) is 0 Å². The third-order valence-electron chi connectivity index (χ3n) is 4.65. The van der Waals surface area contributed by atoms with Crippen molar-refractivity contribution in [2.75, 3.05) is 52.6 Å². The summed E-state index contributed by atoms with van der Waals surface area (Å²) in [5.41, 5.74) is 0.0546. The Labute approximate surface area is 145 Å². The summed E-state index contributed by atoms with van der Waals surface area (Å²) in [5.74, 6) is -1.96. The maximum atomic E-state index is 10.6. The largest absolute Gasteiger partial charge is 0.504 e. The molecule has 140 valence electrons. The average molecular weight is 356 g/mol. The summed E-state index contributed by atoms with van der Waals surface area (Å²) < 4.78 is 10.5. The van der Waals surface area contributed by atoms with Gasteiger partial charge in [-0.2, -0.15) is 0 Å². The highest BCUT2D eigenvalue weighted by Crippen LogP contribution is 2.45. The van der Waals surface area contributed by atoms with Crippen molar-refractivity contribution in [3.8, 4) is 17.2 Å². The van der Waals surface area contributed by atoms with E-state index in [1.54, 1.807) is 9.80 Å². The third-order valence-corrected chi connectivity index (χ3v) is 4.65. The number of nitrogens with zero attached hydrogens (tertiary/aromatic N) is 2. The molecule has 2 saturated heterocycles. The highest BCUT2D eigenvalue weighted by atomic mass is 16.5. The normalized spacial score (nSPS) is 22.6. The molecule has 1 aromatic rings. The Balaban J connectivity index is 1.91. The van der Waals surface area contributed by atoms with Gasteiger partial charge in [0.25, 0.3) is 0 Å². The lowest BCUT2D eigenvalue weighted by atomic mass is 10.0. The number of aliphatic hydroxyl groups excluding tert-OH is 2. The van der Waals surface area contributed by atoms with E-state index < -0.39 is 29.7 Å². The van der Waals surface area contributed by atoms with E-state index in [1.165, 1.54) is 6.07 Å². The SMILES string of the molecule is Oc1c(C(O)N2CCOCC2)cc(C(O)N2CCOCC2)c(O)c1O. The number of hydrogen-bond donors (Lipinski definition) is 5. The van der Waals surface area contributed by atoms with Gasteiger partial charge in [0.15, 0.2) is 11.5 Å². The maximum absolute atomic E-state index is 10.6. The molecule has 0 saturated carbocycles. The minimum atomic E-state index is -1.19. The molecular weight excluding hydrogens is 332 g/mol. The van der Waals surface area contributed by atoms with Gasteiger partial charge in [0.1, 0.15) is 12.5 Å². The Morgan fingerprint density at radius 2 is 1.04 bits per heavy atom. The lowest BCUT2D eigenvalue weighted by molar-refractivity contribution is -0.0648. The molecule has 0 aromatic heterocycles. The third kappa shape index (κ3) is 3.66. The highest BCUT2D eigenvalue weighted by molar-refractivity contribution is 5.58. The molecular formula is C16H24N2O7. The Kier molecular flexibility index (Phi) is 5.62. The monoisotopic (exact) mass is 356 g/mol. The Hall–Kier alpha value is -1.62. The van der Waals surface area contributed by atoms with Crippen LogP contribution in [0.5, 0.6) is 17.2 Å². The van der Waals surface area contributed by atoms with Crippen LogP contribution in [0.4, 0.5) is 0 Å². The van der Waals surface area contributed by atoms with Gasteiger partial charge in [0.05, 0.1) is 26.4 Å². The maximum Gasteiger partial charge on any atom is 0.201 e. The molecule has 2 aliphatic heterocycles. The van der Waals surface area contributed by atoms with Crippen LogP contribution in [-0.2, 0) is 9.47 Å². The van der Waals surface area contributed by atoms with Gasteiger partial charge in [0, 0.05) is 37.3 Å². The van der Waals surface area contributed by atoms with Gasteiger partial charge in [-0.3, -0.25) is 9.80 Å². The molecule has 9 nitrogen and oxygen atoms in total. The molecule has 2 aliphatic rings. The number of ether oxygens (including phenoxy) is 2. The van der Waals surface area contributed by atoms with Gasteiger partial charge in [-0.1, -0.05) is 0 Å². The number of phenols is 3. The molecule has 9 heteroatoms. The van der Waals surface area contributed by atoms with Gasteiger partial charge in [-0.25, -0.2) is 0 Å². The molecule has 1 aromatic carbocycles. The zero-order chi connectivity index (χ0) is 18.0. The standard InChI is InChI=1S/C16H24N2O7/c19-12-10(15(22)17-1-5-24-6-2-17)9-11(13(20)14(12)21)16(23)18-3-7-25-8-4-18/h9,15-16,19-23H,1-8H2. The first-order valence-electron chi connectivity index (χ1n) is 8.28. The molecule has 0 aliphatic carbocycles. The van der Waals surface area contributed by atoms with Crippen LogP contribution in [0.15, 0.2) is 6.07 Å². The fourth-order valence-electron chi connectivity index (χ4n) is 3.12. The summed E-state index contributed by atoms with van der Waals surface area (Å²) >= 11 is 0. The van der Waals surface area contributed by atoms with Crippen molar-refractivity contribution < 1.29 is 35.0 Å². The number of hydrogen-bond acceptors (Lipinski definition) is 9. The van der Waals surface area contributed by atoms with E-state index in [2.05, 4.69) is 0 Å². The van der Waals surface area contributed by atoms with Crippen molar-refractivity contribution in [1.82, 2.24) is 9.80 Å². The van der Waals surface area contributed by atoms with Crippen molar-refractivity contribution in [2.45, 2.75) is 12.5 Å². The summed E-state index contributed by atoms with van der Waals surface area (Å²) in [6.45, 7) is 3.65. The van der Waals surface area contributed by atoms with Gasteiger partial charge in [-0.05, 0) is 6.07 Å². The average Bonchev–Trinajstić information content (AvgIpc) is 2.67. The Bertz CT molecular complexity index is 552. The van der Waals surface area contributed by atoms with Crippen molar-refractivity contribution in [1.29, 1.82) is 0 Å². The smallest absolute Gasteiger partial charge is 0.201 e. The number of aliphatic hydroxyl groups is 2. The first kappa shape index (κ1) is 18.2. The molecule has 5 N–H and O–H groups in total. The van der Waals surface area contributed by atoms with Crippen LogP contribution < -0.4 is 0 Å². The number of aromatic hydroxyl groups is 3. The number of morpholine rings is 2. The van der Waals surface area contributed by atoms with E-state index >= 15 is 0 Å². The molecule has 2 atom stereocenters. The fraction of sp³-hybridized carbons (Fsp3) is 0.625. The molecule has 0 radical (unpaired) electrons. The quantitative estimate of drug-likeness (QED) is 0.452.